The van der Waals surface area contributed by atoms with E-state index in [0.29, 0.717) is 12.8 Å². The number of allylic oxidation sites excluding steroid dienone is 4. The summed E-state index contributed by atoms with van der Waals surface area (Å²) in [5, 5.41) is 33.7. The maximum Gasteiger partial charge on any atom is 0.220 e. The molecular formula is C55H107NO4. The van der Waals surface area contributed by atoms with Crippen LogP contribution >= 0.6 is 0 Å². The first-order chi connectivity index (χ1) is 29.6. The van der Waals surface area contributed by atoms with E-state index in [1.165, 1.54) is 225 Å². The number of unbranched alkanes of at least 4 members (excludes halogenated alkanes) is 38. The van der Waals surface area contributed by atoms with Gasteiger partial charge < -0.3 is 20.6 Å². The van der Waals surface area contributed by atoms with Crippen LogP contribution in [0.4, 0.5) is 0 Å². The number of amides is 1. The van der Waals surface area contributed by atoms with E-state index in [2.05, 4.69) is 43.5 Å². The minimum absolute atomic E-state index is 0.143. The molecule has 0 fully saturated rings. The van der Waals surface area contributed by atoms with E-state index in [0.717, 1.165) is 44.9 Å². The average molecular weight is 846 g/mol. The third-order valence-corrected chi connectivity index (χ3v) is 12.8. The number of hydrogen-bond donors (Lipinski definition) is 4. The van der Waals surface area contributed by atoms with Crippen molar-refractivity contribution >= 4 is 5.91 Å². The van der Waals surface area contributed by atoms with Crippen molar-refractivity contribution in [3.63, 3.8) is 0 Å². The van der Waals surface area contributed by atoms with Crippen molar-refractivity contribution in [1.82, 2.24) is 5.32 Å². The molecule has 0 saturated carbocycles. The van der Waals surface area contributed by atoms with Crippen LogP contribution in [0.1, 0.15) is 296 Å². The maximum atomic E-state index is 12.5. The smallest absolute Gasteiger partial charge is 0.220 e. The SMILES string of the molecule is CCCCCCCCCCC/C=C\C/C=C\CCCCCCCCCCCCCC(=O)NC(CO)C(O)C(O)CCCCCCCCCCCCCCCCCCCCC. The van der Waals surface area contributed by atoms with Crippen molar-refractivity contribution in [3.8, 4) is 0 Å². The van der Waals surface area contributed by atoms with E-state index in [9.17, 15) is 20.1 Å². The number of aliphatic hydroxyl groups is 3. The lowest BCUT2D eigenvalue weighted by Gasteiger charge is -2.26. The van der Waals surface area contributed by atoms with Crippen molar-refractivity contribution in [3.05, 3.63) is 24.3 Å². The zero-order valence-corrected chi connectivity index (χ0v) is 40.6. The standard InChI is InChI=1S/C55H107NO4/c1-3-5-7-9-11-13-15-17-19-21-23-24-25-26-27-28-29-30-32-34-36-38-40-42-44-46-48-50-54(59)56-52(51-57)55(60)53(58)49-47-45-43-41-39-37-35-33-31-22-20-18-16-14-12-10-8-6-4-2/h23-24,26-27,52-53,55,57-58,60H,3-22,25,28-51H2,1-2H3,(H,56,59)/b24-23-,27-26-. The summed E-state index contributed by atoms with van der Waals surface area (Å²) in [6, 6.07) is -0.810. The minimum atomic E-state index is -1.14. The molecule has 0 saturated heterocycles. The number of hydrogen-bond acceptors (Lipinski definition) is 4. The number of rotatable bonds is 50. The van der Waals surface area contributed by atoms with E-state index >= 15 is 0 Å². The first kappa shape index (κ1) is 58.8. The Balaban J connectivity index is 3.55. The number of carbonyl (C=O) groups excluding carboxylic acids is 1. The summed E-state index contributed by atoms with van der Waals surface area (Å²) in [7, 11) is 0. The lowest BCUT2D eigenvalue weighted by Crippen LogP contribution is -2.50. The topological polar surface area (TPSA) is 89.8 Å². The van der Waals surface area contributed by atoms with Gasteiger partial charge in [-0.2, -0.15) is 0 Å². The second kappa shape index (κ2) is 50.5. The highest BCUT2D eigenvalue weighted by molar-refractivity contribution is 5.76. The number of carbonyl (C=O) groups is 1. The molecule has 0 rings (SSSR count). The molecule has 4 N–H and O–H groups in total. The molecule has 1 amide bonds. The summed E-state index contributed by atoms with van der Waals surface area (Å²) in [5.41, 5.74) is 0. The number of aliphatic hydroxyl groups excluding tert-OH is 3. The summed E-state index contributed by atoms with van der Waals surface area (Å²) >= 11 is 0. The fraction of sp³-hybridized carbons (Fsp3) is 0.909. The third-order valence-electron chi connectivity index (χ3n) is 12.8. The first-order valence-electron chi connectivity index (χ1n) is 27.1. The van der Waals surface area contributed by atoms with E-state index in [-0.39, 0.29) is 12.5 Å². The van der Waals surface area contributed by atoms with Gasteiger partial charge in [-0.3, -0.25) is 4.79 Å². The quantitative estimate of drug-likeness (QED) is 0.0363. The van der Waals surface area contributed by atoms with Gasteiger partial charge in [0.1, 0.15) is 6.10 Å². The maximum absolute atomic E-state index is 12.5. The zero-order chi connectivity index (χ0) is 43.7. The molecule has 0 aliphatic carbocycles. The number of nitrogens with one attached hydrogen (secondary N) is 1. The molecule has 0 bridgehead atoms. The van der Waals surface area contributed by atoms with E-state index < -0.39 is 18.2 Å². The fourth-order valence-corrected chi connectivity index (χ4v) is 8.61. The molecule has 60 heavy (non-hydrogen) atoms. The van der Waals surface area contributed by atoms with Crippen molar-refractivity contribution in [2.75, 3.05) is 6.61 Å². The molecule has 5 nitrogen and oxygen atoms in total. The van der Waals surface area contributed by atoms with Gasteiger partial charge in [-0.25, -0.2) is 0 Å². The molecule has 0 spiro atoms. The Morgan fingerprint density at radius 1 is 0.417 bits per heavy atom. The Kier molecular flexibility index (Phi) is 49.5. The normalized spacial score (nSPS) is 13.5. The van der Waals surface area contributed by atoms with Crippen LogP contribution in [0.2, 0.25) is 0 Å². The summed E-state index contributed by atoms with van der Waals surface area (Å²) in [6.07, 6.45) is 63.2. The fourth-order valence-electron chi connectivity index (χ4n) is 8.61. The first-order valence-corrected chi connectivity index (χ1v) is 27.1. The highest BCUT2D eigenvalue weighted by Crippen LogP contribution is 2.17. The van der Waals surface area contributed by atoms with Crippen molar-refractivity contribution < 1.29 is 20.1 Å². The largest absolute Gasteiger partial charge is 0.394 e. The summed E-state index contributed by atoms with van der Waals surface area (Å²) in [4.78, 5) is 12.5. The lowest BCUT2D eigenvalue weighted by molar-refractivity contribution is -0.124. The van der Waals surface area contributed by atoms with Gasteiger partial charge in [0, 0.05) is 6.42 Å². The van der Waals surface area contributed by atoms with Crippen LogP contribution in [-0.2, 0) is 4.79 Å². The van der Waals surface area contributed by atoms with Gasteiger partial charge in [0.05, 0.1) is 18.8 Å². The molecule has 0 heterocycles. The third kappa shape index (κ3) is 44.9. The Morgan fingerprint density at radius 2 is 0.717 bits per heavy atom. The predicted octanol–water partition coefficient (Wildman–Crippen LogP) is 16.5. The molecule has 3 atom stereocenters. The van der Waals surface area contributed by atoms with Crippen LogP contribution in [-0.4, -0.2) is 46.1 Å². The van der Waals surface area contributed by atoms with Crippen molar-refractivity contribution in [2.24, 2.45) is 0 Å². The average Bonchev–Trinajstić information content (AvgIpc) is 3.25. The van der Waals surface area contributed by atoms with Gasteiger partial charge in [0.15, 0.2) is 0 Å². The van der Waals surface area contributed by atoms with Crippen molar-refractivity contribution in [1.29, 1.82) is 0 Å². The molecule has 5 heteroatoms. The minimum Gasteiger partial charge on any atom is -0.394 e. The molecule has 356 valence electrons. The molecule has 0 aromatic carbocycles. The molecular weight excluding hydrogens is 739 g/mol. The highest BCUT2D eigenvalue weighted by atomic mass is 16.3. The van der Waals surface area contributed by atoms with E-state index in [1.54, 1.807) is 0 Å². The van der Waals surface area contributed by atoms with Gasteiger partial charge in [-0.1, -0.05) is 269 Å². The summed E-state index contributed by atoms with van der Waals surface area (Å²) < 4.78 is 0. The predicted molar refractivity (Wildman–Crippen MR) is 264 cm³/mol. The molecule has 0 radical (unpaired) electrons. The molecule has 0 aromatic rings. The van der Waals surface area contributed by atoms with Crippen molar-refractivity contribution in [2.45, 2.75) is 315 Å². The summed E-state index contributed by atoms with van der Waals surface area (Å²) in [5.74, 6) is -0.143. The van der Waals surface area contributed by atoms with Gasteiger partial charge >= 0.3 is 0 Å². The summed E-state index contributed by atoms with van der Waals surface area (Å²) in [6.45, 7) is 4.21. The zero-order valence-electron chi connectivity index (χ0n) is 40.6. The highest BCUT2D eigenvalue weighted by Gasteiger charge is 2.26. The molecule has 0 aliphatic heterocycles. The lowest BCUT2D eigenvalue weighted by atomic mass is 9.99. The van der Waals surface area contributed by atoms with Crippen LogP contribution in [0.3, 0.4) is 0 Å². The Hall–Kier alpha value is -1.17. The van der Waals surface area contributed by atoms with E-state index in [1.807, 2.05) is 0 Å². The van der Waals surface area contributed by atoms with E-state index in [4.69, 9.17) is 0 Å². The molecule has 0 aliphatic rings. The van der Waals surface area contributed by atoms with Gasteiger partial charge in [0.2, 0.25) is 5.91 Å². The Bertz CT molecular complexity index is 890. The van der Waals surface area contributed by atoms with Gasteiger partial charge in [-0.15, -0.1) is 0 Å². The second-order valence-corrected chi connectivity index (χ2v) is 18.8. The Labute approximate surface area is 375 Å². The van der Waals surface area contributed by atoms with Crippen LogP contribution in [0, 0.1) is 0 Å². The second-order valence-electron chi connectivity index (χ2n) is 18.8. The van der Waals surface area contributed by atoms with Crippen LogP contribution < -0.4 is 5.32 Å². The molecule has 3 unspecified atom stereocenters. The van der Waals surface area contributed by atoms with Gasteiger partial charge in [-0.05, 0) is 44.9 Å². The van der Waals surface area contributed by atoms with Crippen LogP contribution in [0.25, 0.3) is 0 Å². The van der Waals surface area contributed by atoms with Crippen LogP contribution in [0.15, 0.2) is 24.3 Å². The Morgan fingerprint density at radius 3 is 1.05 bits per heavy atom. The monoisotopic (exact) mass is 846 g/mol. The van der Waals surface area contributed by atoms with Crippen LogP contribution in [0.5, 0.6) is 0 Å². The van der Waals surface area contributed by atoms with Gasteiger partial charge in [0.25, 0.3) is 0 Å². The molecule has 0 aromatic heterocycles.